The predicted octanol–water partition coefficient (Wildman–Crippen LogP) is 4.13. The van der Waals surface area contributed by atoms with Crippen molar-refractivity contribution in [3.63, 3.8) is 0 Å². The van der Waals surface area contributed by atoms with E-state index in [1.54, 1.807) is 6.08 Å². The molecular weight excluding hydrogens is 236 g/mol. The van der Waals surface area contributed by atoms with Crippen LogP contribution < -0.4 is 0 Å². The van der Waals surface area contributed by atoms with Crippen LogP contribution in [0.3, 0.4) is 0 Å². The third-order valence-electron chi connectivity index (χ3n) is 3.70. The first-order valence-electron chi connectivity index (χ1n) is 6.64. The molecule has 1 aromatic rings. The summed E-state index contributed by atoms with van der Waals surface area (Å²) in [5.74, 6) is 0.915. The molecule has 0 spiro atoms. The summed E-state index contributed by atoms with van der Waals surface area (Å²) in [6.45, 7) is 5.86. The number of hydrogen-bond donors (Lipinski definition) is 0. The number of rotatable bonds is 3. The Bertz CT molecular complexity index is 525. The molecule has 1 aromatic carbocycles. The first kappa shape index (κ1) is 13.6. The van der Waals surface area contributed by atoms with Gasteiger partial charge in [0, 0.05) is 0 Å². The molecule has 1 atom stereocenters. The molecule has 0 fully saturated rings. The van der Waals surface area contributed by atoms with Crippen molar-refractivity contribution >= 4 is 11.9 Å². The maximum absolute atomic E-state index is 12.3. The number of benzene rings is 1. The molecule has 0 radical (unpaired) electrons. The summed E-state index contributed by atoms with van der Waals surface area (Å²) < 4.78 is 5.82. The lowest BCUT2D eigenvalue weighted by atomic mass is 9.89. The highest BCUT2D eigenvalue weighted by atomic mass is 16.5. The number of allylic oxidation sites excluding steroid dienone is 2. The van der Waals surface area contributed by atoms with E-state index in [1.165, 1.54) is 5.57 Å². The third-order valence-corrected chi connectivity index (χ3v) is 3.70. The second-order valence-electron chi connectivity index (χ2n) is 5.28. The monoisotopic (exact) mass is 256 g/mol. The molecule has 1 aliphatic heterocycles. The molecule has 0 saturated heterocycles. The number of carbonyl (C=O) groups excluding carboxylic acids is 1. The molecule has 0 aliphatic carbocycles. The number of hydrogen-bond acceptors (Lipinski definition) is 2. The van der Waals surface area contributed by atoms with Crippen LogP contribution in [-0.4, -0.2) is 11.4 Å². The molecule has 2 heteroatoms. The number of ether oxygens (including phenoxy) is 1. The average molecular weight is 256 g/mol. The van der Waals surface area contributed by atoms with Crippen molar-refractivity contribution in [1.29, 1.82) is 0 Å². The minimum Gasteiger partial charge on any atom is -0.484 e. The maximum Gasteiger partial charge on any atom is 0.198 e. The van der Waals surface area contributed by atoms with Crippen molar-refractivity contribution in [3.8, 4) is 0 Å². The summed E-state index contributed by atoms with van der Waals surface area (Å²) in [7, 11) is 0. The van der Waals surface area contributed by atoms with Crippen molar-refractivity contribution in [2.24, 2.45) is 0 Å². The van der Waals surface area contributed by atoms with Crippen LogP contribution in [0.5, 0.6) is 0 Å². The molecule has 0 saturated carbocycles. The van der Waals surface area contributed by atoms with E-state index >= 15 is 0 Å². The molecule has 1 heterocycles. The molecule has 0 amide bonds. The normalized spacial score (nSPS) is 23.5. The Kier molecular flexibility index (Phi) is 3.89. The Hall–Kier alpha value is -1.83. The highest BCUT2D eigenvalue weighted by molar-refractivity contribution is 6.00. The summed E-state index contributed by atoms with van der Waals surface area (Å²) in [5.41, 5.74) is 1.55. The molecule has 0 N–H and O–H groups in total. The molecule has 1 aliphatic rings. The van der Waals surface area contributed by atoms with Crippen LogP contribution in [-0.2, 0) is 9.53 Å². The molecule has 100 valence electrons. The van der Waals surface area contributed by atoms with Gasteiger partial charge in [-0.3, -0.25) is 4.79 Å². The Morgan fingerprint density at radius 1 is 1.26 bits per heavy atom. The second-order valence-corrected chi connectivity index (χ2v) is 5.28. The Balaban J connectivity index is 2.10. The van der Waals surface area contributed by atoms with Crippen molar-refractivity contribution in [2.45, 2.75) is 39.2 Å². The first-order valence-corrected chi connectivity index (χ1v) is 6.64. The number of carbonyl (C=O) groups is 1. The van der Waals surface area contributed by atoms with Crippen LogP contribution in [0.25, 0.3) is 6.08 Å². The van der Waals surface area contributed by atoms with E-state index < -0.39 is 5.60 Å². The minimum absolute atomic E-state index is 0.0307. The number of ketones is 1. The van der Waals surface area contributed by atoms with Crippen LogP contribution in [0.15, 0.2) is 47.7 Å². The largest absolute Gasteiger partial charge is 0.484 e. The van der Waals surface area contributed by atoms with Gasteiger partial charge in [-0.05, 0) is 50.8 Å². The van der Waals surface area contributed by atoms with Gasteiger partial charge in [0.2, 0.25) is 0 Å². The van der Waals surface area contributed by atoms with E-state index in [4.69, 9.17) is 4.74 Å². The maximum atomic E-state index is 12.3. The quantitative estimate of drug-likeness (QED) is 0.760. The zero-order valence-electron chi connectivity index (χ0n) is 11.8. The smallest absolute Gasteiger partial charge is 0.198 e. The van der Waals surface area contributed by atoms with E-state index in [0.29, 0.717) is 0 Å². The Morgan fingerprint density at radius 2 is 1.95 bits per heavy atom. The van der Waals surface area contributed by atoms with E-state index in [2.05, 4.69) is 6.92 Å². The van der Waals surface area contributed by atoms with Crippen LogP contribution in [0, 0.1) is 0 Å². The molecule has 19 heavy (non-hydrogen) atoms. The van der Waals surface area contributed by atoms with Gasteiger partial charge in [-0.25, -0.2) is 0 Å². The lowest BCUT2D eigenvalue weighted by Crippen LogP contribution is -2.39. The molecule has 0 aromatic heterocycles. The van der Waals surface area contributed by atoms with Gasteiger partial charge in [-0.2, -0.15) is 0 Å². The Labute approximate surface area is 114 Å². The highest BCUT2D eigenvalue weighted by Crippen LogP contribution is 2.32. The third kappa shape index (κ3) is 3.14. The first-order chi connectivity index (χ1) is 9.01. The molecule has 2 rings (SSSR count). The SMILES string of the molecule is CC1=C(C)O[C@@](C)(C(=O)/C=C/c2ccccc2)CC1. The topological polar surface area (TPSA) is 26.3 Å². The van der Waals surface area contributed by atoms with Gasteiger partial charge in [0.15, 0.2) is 11.4 Å². The van der Waals surface area contributed by atoms with Gasteiger partial charge in [-0.15, -0.1) is 0 Å². The average Bonchev–Trinajstić information content (AvgIpc) is 2.42. The molecule has 0 unspecified atom stereocenters. The zero-order chi connectivity index (χ0) is 13.9. The van der Waals surface area contributed by atoms with E-state index in [9.17, 15) is 4.79 Å². The lowest BCUT2D eigenvalue weighted by molar-refractivity contribution is -0.134. The fourth-order valence-electron chi connectivity index (χ4n) is 2.16. The zero-order valence-corrected chi connectivity index (χ0v) is 11.8. The van der Waals surface area contributed by atoms with Crippen LogP contribution in [0.1, 0.15) is 39.2 Å². The summed E-state index contributed by atoms with van der Waals surface area (Å²) in [4.78, 5) is 12.3. The Morgan fingerprint density at radius 3 is 2.58 bits per heavy atom. The van der Waals surface area contributed by atoms with E-state index in [-0.39, 0.29) is 5.78 Å². The second kappa shape index (κ2) is 5.43. The van der Waals surface area contributed by atoms with Gasteiger partial charge in [0.1, 0.15) is 0 Å². The molecule has 2 nitrogen and oxygen atoms in total. The van der Waals surface area contributed by atoms with Gasteiger partial charge < -0.3 is 4.74 Å². The predicted molar refractivity (Wildman–Crippen MR) is 77.6 cm³/mol. The van der Waals surface area contributed by atoms with Gasteiger partial charge in [-0.1, -0.05) is 36.4 Å². The molecular formula is C17H20O2. The van der Waals surface area contributed by atoms with Crippen molar-refractivity contribution in [2.75, 3.05) is 0 Å². The van der Waals surface area contributed by atoms with Gasteiger partial charge in [0.05, 0.1) is 5.76 Å². The summed E-state index contributed by atoms with van der Waals surface area (Å²) >= 11 is 0. The summed E-state index contributed by atoms with van der Waals surface area (Å²) in [6, 6.07) is 9.83. The van der Waals surface area contributed by atoms with Crippen LogP contribution >= 0.6 is 0 Å². The van der Waals surface area contributed by atoms with Gasteiger partial charge in [0.25, 0.3) is 0 Å². The van der Waals surface area contributed by atoms with Gasteiger partial charge >= 0.3 is 0 Å². The summed E-state index contributed by atoms with van der Waals surface area (Å²) in [5, 5.41) is 0. The highest BCUT2D eigenvalue weighted by Gasteiger charge is 2.36. The lowest BCUT2D eigenvalue weighted by Gasteiger charge is -2.33. The fourth-order valence-corrected chi connectivity index (χ4v) is 2.16. The van der Waals surface area contributed by atoms with E-state index in [1.807, 2.05) is 50.3 Å². The molecule has 0 bridgehead atoms. The van der Waals surface area contributed by atoms with Crippen molar-refractivity contribution in [1.82, 2.24) is 0 Å². The van der Waals surface area contributed by atoms with Crippen LogP contribution in [0.4, 0.5) is 0 Å². The van der Waals surface area contributed by atoms with Crippen LogP contribution in [0.2, 0.25) is 0 Å². The standard InChI is InChI=1S/C17H20O2/c1-13-11-12-17(3,19-14(13)2)16(18)10-9-15-7-5-4-6-8-15/h4-10H,11-12H2,1-3H3/b10-9+/t17-/m1/s1. The van der Waals surface area contributed by atoms with E-state index in [0.717, 1.165) is 24.2 Å². The summed E-state index contributed by atoms with van der Waals surface area (Å²) in [6.07, 6.45) is 5.14. The minimum atomic E-state index is -0.713. The fraction of sp³-hybridized carbons (Fsp3) is 0.353. The van der Waals surface area contributed by atoms with Crippen molar-refractivity contribution in [3.05, 3.63) is 53.3 Å². The van der Waals surface area contributed by atoms with Crippen molar-refractivity contribution < 1.29 is 9.53 Å².